The molecule has 6 nitrogen and oxygen atoms in total. The largest absolute Gasteiger partial charge is 0.345 e. The van der Waals surface area contributed by atoms with Crippen LogP contribution in [0.2, 0.25) is 0 Å². The van der Waals surface area contributed by atoms with E-state index in [1.54, 1.807) is 0 Å². The standard InChI is InChI=1S/C22H23N3O3/c1-13-11-17(14(2)25(13)16-7-8-16)19(26)12-24-20(27)22(23-21(24)28)10-9-15-5-3-4-6-18(15)22/h3-6,11,16H,7-10,12H2,1-2H3,(H,23,28)/t22-/m1/s1. The molecule has 6 heteroatoms. The molecule has 1 spiro atoms. The van der Waals surface area contributed by atoms with Gasteiger partial charge in [0.05, 0.1) is 6.54 Å². The Kier molecular flexibility index (Phi) is 3.57. The number of benzene rings is 1. The zero-order valence-corrected chi connectivity index (χ0v) is 16.1. The molecule has 0 radical (unpaired) electrons. The van der Waals surface area contributed by atoms with E-state index >= 15 is 0 Å². The zero-order chi connectivity index (χ0) is 19.6. The Labute approximate surface area is 163 Å². The number of aromatic nitrogens is 1. The minimum absolute atomic E-state index is 0.188. The summed E-state index contributed by atoms with van der Waals surface area (Å²) in [5.41, 5.74) is 3.52. The number of Topliss-reactive ketones (excluding diaryl/α,β-unsaturated/α-hetero) is 1. The molecule has 2 fully saturated rings. The van der Waals surface area contributed by atoms with Gasteiger partial charge in [-0.15, -0.1) is 0 Å². The molecule has 1 N–H and O–H groups in total. The zero-order valence-electron chi connectivity index (χ0n) is 16.1. The van der Waals surface area contributed by atoms with E-state index in [0.717, 1.165) is 46.7 Å². The van der Waals surface area contributed by atoms with Crippen molar-refractivity contribution in [1.82, 2.24) is 14.8 Å². The van der Waals surface area contributed by atoms with Gasteiger partial charge in [-0.2, -0.15) is 0 Å². The molecule has 1 saturated heterocycles. The molecular formula is C22H23N3O3. The second-order valence-corrected chi connectivity index (χ2v) is 8.19. The van der Waals surface area contributed by atoms with E-state index in [2.05, 4.69) is 9.88 Å². The highest BCUT2D eigenvalue weighted by Gasteiger charge is 2.55. The van der Waals surface area contributed by atoms with Crippen LogP contribution in [-0.2, 0) is 16.8 Å². The first-order chi connectivity index (χ1) is 13.4. The van der Waals surface area contributed by atoms with Crippen LogP contribution in [0.4, 0.5) is 4.79 Å². The Morgan fingerprint density at radius 2 is 1.96 bits per heavy atom. The number of hydrogen-bond acceptors (Lipinski definition) is 3. The Morgan fingerprint density at radius 3 is 2.71 bits per heavy atom. The van der Waals surface area contributed by atoms with Gasteiger partial charge in [-0.05, 0) is 56.7 Å². The molecule has 2 aliphatic carbocycles. The second-order valence-electron chi connectivity index (χ2n) is 8.19. The van der Waals surface area contributed by atoms with Crippen LogP contribution >= 0.6 is 0 Å². The van der Waals surface area contributed by atoms with E-state index in [1.807, 2.05) is 44.2 Å². The van der Waals surface area contributed by atoms with Crippen molar-refractivity contribution in [3.63, 3.8) is 0 Å². The fraction of sp³-hybridized carbons (Fsp3) is 0.409. The van der Waals surface area contributed by atoms with E-state index in [0.29, 0.717) is 18.0 Å². The average molecular weight is 377 g/mol. The third-order valence-corrected chi connectivity index (χ3v) is 6.42. The highest BCUT2D eigenvalue weighted by molar-refractivity contribution is 6.12. The van der Waals surface area contributed by atoms with Gasteiger partial charge in [0.15, 0.2) is 5.78 Å². The van der Waals surface area contributed by atoms with Crippen molar-refractivity contribution in [2.75, 3.05) is 6.54 Å². The topological polar surface area (TPSA) is 71.4 Å². The lowest BCUT2D eigenvalue weighted by atomic mass is 9.92. The van der Waals surface area contributed by atoms with Gasteiger partial charge in [0.25, 0.3) is 5.91 Å². The van der Waals surface area contributed by atoms with Gasteiger partial charge in [0.2, 0.25) is 0 Å². The van der Waals surface area contributed by atoms with Gasteiger partial charge in [-0.25, -0.2) is 4.79 Å². The van der Waals surface area contributed by atoms with E-state index in [4.69, 9.17) is 0 Å². The summed E-state index contributed by atoms with van der Waals surface area (Å²) in [4.78, 5) is 39.9. The van der Waals surface area contributed by atoms with Crippen molar-refractivity contribution in [2.24, 2.45) is 0 Å². The molecule has 1 saturated carbocycles. The normalized spacial score (nSPS) is 23.4. The van der Waals surface area contributed by atoms with E-state index in [9.17, 15) is 14.4 Å². The Balaban J connectivity index is 1.42. The van der Waals surface area contributed by atoms with Crippen LogP contribution in [0, 0.1) is 13.8 Å². The van der Waals surface area contributed by atoms with E-state index < -0.39 is 11.6 Å². The average Bonchev–Trinajstić information content (AvgIpc) is 3.31. The molecule has 0 bridgehead atoms. The molecule has 1 aromatic heterocycles. The monoisotopic (exact) mass is 377 g/mol. The fourth-order valence-corrected chi connectivity index (χ4v) is 4.92. The number of hydrogen-bond donors (Lipinski definition) is 1. The summed E-state index contributed by atoms with van der Waals surface area (Å²) in [6, 6.07) is 9.60. The lowest BCUT2D eigenvalue weighted by Gasteiger charge is -2.22. The summed E-state index contributed by atoms with van der Waals surface area (Å²) in [6.45, 7) is 3.73. The predicted molar refractivity (Wildman–Crippen MR) is 103 cm³/mol. The van der Waals surface area contributed by atoms with Crippen molar-refractivity contribution in [3.8, 4) is 0 Å². The number of fused-ring (bicyclic) bond motifs is 2. The maximum atomic E-state index is 13.2. The molecule has 1 atom stereocenters. The van der Waals surface area contributed by atoms with Crippen LogP contribution in [0.3, 0.4) is 0 Å². The number of aryl methyl sites for hydroxylation is 2. The molecule has 1 aliphatic heterocycles. The van der Waals surface area contributed by atoms with Gasteiger partial charge in [0, 0.05) is 23.0 Å². The van der Waals surface area contributed by atoms with Gasteiger partial charge in [-0.1, -0.05) is 24.3 Å². The van der Waals surface area contributed by atoms with Crippen molar-refractivity contribution >= 4 is 17.7 Å². The molecule has 2 aromatic rings. The second kappa shape index (κ2) is 5.80. The molecule has 3 aliphatic rings. The molecule has 28 heavy (non-hydrogen) atoms. The van der Waals surface area contributed by atoms with Crippen molar-refractivity contribution in [2.45, 2.75) is 51.1 Å². The fourth-order valence-electron chi connectivity index (χ4n) is 4.92. The molecule has 0 unspecified atom stereocenters. The first kappa shape index (κ1) is 17.2. The van der Waals surface area contributed by atoms with Gasteiger partial charge in [0.1, 0.15) is 5.54 Å². The summed E-state index contributed by atoms with van der Waals surface area (Å²) >= 11 is 0. The lowest BCUT2D eigenvalue weighted by molar-refractivity contribution is -0.131. The van der Waals surface area contributed by atoms with Crippen LogP contribution in [-0.4, -0.2) is 33.7 Å². The van der Waals surface area contributed by atoms with Crippen LogP contribution in [0.25, 0.3) is 0 Å². The summed E-state index contributed by atoms with van der Waals surface area (Å²) < 4.78 is 2.20. The van der Waals surface area contributed by atoms with Crippen LogP contribution in [0.15, 0.2) is 30.3 Å². The number of rotatable bonds is 4. The predicted octanol–water partition coefficient (Wildman–Crippen LogP) is 3.02. The summed E-state index contributed by atoms with van der Waals surface area (Å²) in [5.74, 6) is -0.501. The van der Waals surface area contributed by atoms with Gasteiger partial charge < -0.3 is 9.88 Å². The van der Waals surface area contributed by atoms with Crippen molar-refractivity contribution < 1.29 is 14.4 Å². The van der Waals surface area contributed by atoms with Crippen molar-refractivity contribution in [3.05, 3.63) is 58.4 Å². The van der Waals surface area contributed by atoms with Gasteiger partial charge >= 0.3 is 6.03 Å². The smallest absolute Gasteiger partial charge is 0.325 e. The third-order valence-electron chi connectivity index (χ3n) is 6.42. The molecule has 2 heterocycles. The van der Waals surface area contributed by atoms with Crippen LogP contribution in [0.1, 0.15) is 58.2 Å². The number of ketones is 1. The first-order valence-electron chi connectivity index (χ1n) is 9.86. The summed E-state index contributed by atoms with van der Waals surface area (Å²) in [6.07, 6.45) is 3.56. The molecular weight excluding hydrogens is 354 g/mol. The number of carbonyl (C=O) groups is 3. The molecule has 144 valence electrons. The third kappa shape index (κ3) is 2.30. The number of amides is 3. The Hall–Kier alpha value is -2.89. The summed E-state index contributed by atoms with van der Waals surface area (Å²) in [5, 5.41) is 2.88. The minimum atomic E-state index is -1.02. The highest BCUT2D eigenvalue weighted by atomic mass is 16.2. The number of nitrogens with one attached hydrogen (secondary N) is 1. The summed E-state index contributed by atoms with van der Waals surface area (Å²) in [7, 11) is 0. The maximum absolute atomic E-state index is 13.2. The number of carbonyl (C=O) groups excluding carboxylic acids is 3. The van der Waals surface area contributed by atoms with Crippen LogP contribution in [0.5, 0.6) is 0 Å². The maximum Gasteiger partial charge on any atom is 0.325 e. The van der Waals surface area contributed by atoms with E-state index in [-0.39, 0.29) is 18.2 Å². The minimum Gasteiger partial charge on any atom is -0.345 e. The SMILES string of the molecule is Cc1cc(C(=O)CN2C(=O)N[C@@]3(CCc4ccccc43)C2=O)c(C)n1C1CC1. The number of imide groups is 1. The van der Waals surface area contributed by atoms with Crippen molar-refractivity contribution in [1.29, 1.82) is 0 Å². The Bertz CT molecular complexity index is 1030. The molecule has 5 rings (SSSR count). The van der Waals surface area contributed by atoms with Gasteiger partial charge in [-0.3, -0.25) is 14.5 Å². The van der Waals surface area contributed by atoms with E-state index in [1.165, 1.54) is 0 Å². The number of nitrogens with zero attached hydrogens (tertiary/aromatic N) is 2. The lowest BCUT2D eigenvalue weighted by Crippen LogP contribution is -2.42. The molecule has 1 aromatic carbocycles. The van der Waals surface area contributed by atoms with Crippen LogP contribution < -0.4 is 5.32 Å². The quantitative estimate of drug-likeness (QED) is 0.658. The first-order valence-corrected chi connectivity index (χ1v) is 9.86. The number of urea groups is 1. The Morgan fingerprint density at radius 1 is 1.21 bits per heavy atom. The molecule has 3 amide bonds. The highest BCUT2D eigenvalue weighted by Crippen LogP contribution is 2.41.